The molecule has 0 aliphatic carbocycles. The molecule has 0 unspecified atom stereocenters. The summed E-state index contributed by atoms with van der Waals surface area (Å²) in [6.07, 6.45) is 3.60. The van der Waals surface area contributed by atoms with E-state index in [0.717, 1.165) is 5.56 Å². The third kappa shape index (κ3) is 4.16. The number of rotatable bonds is 6. The Bertz CT molecular complexity index is 614. The fraction of sp³-hybridized carbons (Fsp3) is 0.267. The maximum atomic E-state index is 12.0. The summed E-state index contributed by atoms with van der Waals surface area (Å²) in [5, 5.41) is 15.6. The molecule has 0 fully saturated rings. The van der Waals surface area contributed by atoms with Crippen molar-refractivity contribution in [1.82, 2.24) is 15.1 Å². The second-order valence-corrected chi connectivity index (χ2v) is 4.51. The lowest BCUT2D eigenvalue weighted by atomic mass is 10.1. The molecule has 1 atom stereocenters. The monoisotopic (exact) mass is 284 g/mol. The first kappa shape index (κ1) is 14.8. The van der Waals surface area contributed by atoms with Gasteiger partial charge in [-0.3, -0.25) is 9.48 Å². The van der Waals surface area contributed by atoms with E-state index in [1.54, 1.807) is 23.0 Å². The van der Waals surface area contributed by atoms with Crippen molar-refractivity contribution in [2.24, 2.45) is 0 Å². The lowest BCUT2D eigenvalue weighted by molar-refractivity contribution is 0.0918. The molecule has 1 aromatic heterocycles. The van der Waals surface area contributed by atoms with Crippen LogP contribution < -0.4 is 5.32 Å². The van der Waals surface area contributed by atoms with Crippen molar-refractivity contribution in [3.8, 4) is 6.07 Å². The number of methoxy groups -OCH3 is 1. The van der Waals surface area contributed by atoms with Gasteiger partial charge in [-0.25, -0.2) is 0 Å². The number of amides is 1. The SMILES string of the molecule is COC[C@H](C#N)NC(=O)c1ccc(Cn2cccn2)cc1. The van der Waals surface area contributed by atoms with Gasteiger partial charge in [0.25, 0.3) is 5.91 Å². The molecule has 6 heteroatoms. The maximum Gasteiger partial charge on any atom is 0.252 e. The molecule has 0 bridgehead atoms. The van der Waals surface area contributed by atoms with Crippen LogP contribution in [0.15, 0.2) is 42.7 Å². The van der Waals surface area contributed by atoms with Gasteiger partial charge in [-0.2, -0.15) is 10.4 Å². The summed E-state index contributed by atoms with van der Waals surface area (Å²) in [6.45, 7) is 0.818. The van der Waals surface area contributed by atoms with Crippen LogP contribution >= 0.6 is 0 Å². The van der Waals surface area contributed by atoms with Gasteiger partial charge in [0.2, 0.25) is 0 Å². The number of benzene rings is 1. The zero-order chi connectivity index (χ0) is 15.1. The average molecular weight is 284 g/mol. The van der Waals surface area contributed by atoms with Gasteiger partial charge in [0.05, 0.1) is 19.2 Å². The van der Waals surface area contributed by atoms with Gasteiger partial charge in [-0.1, -0.05) is 12.1 Å². The van der Waals surface area contributed by atoms with E-state index in [2.05, 4.69) is 10.4 Å². The molecule has 1 aromatic carbocycles. The molecule has 1 N–H and O–H groups in total. The number of carbonyl (C=O) groups is 1. The highest BCUT2D eigenvalue weighted by molar-refractivity contribution is 5.94. The summed E-state index contributed by atoms with van der Waals surface area (Å²) >= 11 is 0. The third-order valence-corrected chi connectivity index (χ3v) is 2.91. The fourth-order valence-corrected chi connectivity index (χ4v) is 1.86. The molecule has 0 saturated heterocycles. The molecule has 0 radical (unpaired) electrons. The Labute approximate surface area is 123 Å². The second-order valence-electron chi connectivity index (χ2n) is 4.51. The number of nitriles is 1. The molecule has 6 nitrogen and oxygen atoms in total. The predicted molar refractivity (Wildman–Crippen MR) is 76.5 cm³/mol. The summed E-state index contributed by atoms with van der Waals surface area (Å²) in [5.74, 6) is -0.288. The Morgan fingerprint density at radius 1 is 1.48 bits per heavy atom. The maximum absolute atomic E-state index is 12.0. The zero-order valence-electron chi connectivity index (χ0n) is 11.7. The normalized spacial score (nSPS) is 11.6. The Balaban J connectivity index is 1.98. The van der Waals surface area contributed by atoms with E-state index in [1.807, 2.05) is 30.5 Å². The van der Waals surface area contributed by atoms with Crippen molar-refractivity contribution < 1.29 is 9.53 Å². The number of hydrogen-bond donors (Lipinski definition) is 1. The summed E-state index contributed by atoms with van der Waals surface area (Å²) < 4.78 is 6.67. The van der Waals surface area contributed by atoms with Crippen LogP contribution in [0.3, 0.4) is 0 Å². The molecule has 0 spiro atoms. The highest BCUT2D eigenvalue weighted by Gasteiger charge is 2.12. The van der Waals surface area contributed by atoms with Gasteiger partial charge in [0.1, 0.15) is 6.04 Å². The number of aromatic nitrogens is 2. The van der Waals surface area contributed by atoms with Crippen LogP contribution in [0.5, 0.6) is 0 Å². The van der Waals surface area contributed by atoms with Crippen LogP contribution in [-0.2, 0) is 11.3 Å². The topological polar surface area (TPSA) is 79.9 Å². The van der Waals surface area contributed by atoms with Crippen LogP contribution in [0.1, 0.15) is 15.9 Å². The molecule has 2 aromatic rings. The molecule has 0 aliphatic heterocycles. The number of nitrogens with one attached hydrogen (secondary N) is 1. The van der Waals surface area contributed by atoms with Gasteiger partial charge in [0, 0.05) is 25.1 Å². The van der Waals surface area contributed by atoms with E-state index in [-0.39, 0.29) is 12.5 Å². The molecule has 0 saturated carbocycles. The summed E-state index contributed by atoms with van der Waals surface area (Å²) in [4.78, 5) is 12.0. The number of carbonyl (C=O) groups excluding carboxylic acids is 1. The first-order chi connectivity index (χ1) is 10.2. The van der Waals surface area contributed by atoms with Crippen molar-refractivity contribution in [2.45, 2.75) is 12.6 Å². The van der Waals surface area contributed by atoms with Gasteiger partial charge < -0.3 is 10.1 Å². The van der Waals surface area contributed by atoms with E-state index in [0.29, 0.717) is 12.1 Å². The van der Waals surface area contributed by atoms with E-state index < -0.39 is 6.04 Å². The smallest absolute Gasteiger partial charge is 0.252 e. The predicted octanol–water partition coefficient (Wildman–Crippen LogP) is 1.20. The molecule has 1 heterocycles. The van der Waals surface area contributed by atoms with Crippen LogP contribution in [-0.4, -0.2) is 35.4 Å². The van der Waals surface area contributed by atoms with Crippen LogP contribution in [0, 0.1) is 11.3 Å². The standard InChI is InChI=1S/C15H16N4O2/c1-21-11-14(9-16)18-15(20)13-5-3-12(4-6-13)10-19-8-2-7-17-19/h2-8,14H,10-11H2,1H3,(H,18,20)/t14-/m0/s1. The first-order valence-electron chi connectivity index (χ1n) is 6.48. The van der Waals surface area contributed by atoms with E-state index in [1.165, 1.54) is 7.11 Å². The van der Waals surface area contributed by atoms with E-state index >= 15 is 0 Å². The van der Waals surface area contributed by atoms with Gasteiger partial charge in [-0.05, 0) is 23.8 Å². The highest BCUT2D eigenvalue weighted by atomic mass is 16.5. The molecule has 1 amide bonds. The summed E-state index contributed by atoms with van der Waals surface area (Å²) in [5.41, 5.74) is 1.56. The Morgan fingerprint density at radius 3 is 2.81 bits per heavy atom. The largest absolute Gasteiger partial charge is 0.381 e. The summed E-state index contributed by atoms with van der Waals surface area (Å²) in [6, 6.07) is 10.4. The highest BCUT2D eigenvalue weighted by Crippen LogP contribution is 2.06. The van der Waals surface area contributed by atoms with Crippen molar-refractivity contribution >= 4 is 5.91 Å². The van der Waals surface area contributed by atoms with Crippen molar-refractivity contribution in [2.75, 3.05) is 13.7 Å². The lowest BCUT2D eigenvalue weighted by Gasteiger charge is -2.10. The van der Waals surface area contributed by atoms with Crippen molar-refractivity contribution in [3.63, 3.8) is 0 Å². The third-order valence-electron chi connectivity index (χ3n) is 2.91. The minimum atomic E-state index is -0.647. The fourth-order valence-electron chi connectivity index (χ4n) is 1.86. The Hall–Kier alpha value is -2.65. The van der Waals surface area contributed by atoms with Crippen LogP contribution in [0.25, 0.3) is 0 Å². The number of nitrogens with zero attached hydrogens (tertiary/aromatic N) is 3. The van der Waals surface area contributed by atoms with Crippen molar-refractivity contribution in [1.29, 1.82) is 5.26 Å². The molecule has 0 aliphatic rings. The first-order valence-corrected chi connectivity index (χ1v) is 6.48. The molecular formula is C15H16N4O2. The zero-order valence-corrected chi connectivity index (χ0v) is 11.7. The second kappa shape index (κ2) is 7.22. The summed E-state index contributed by atoms with van der Waals surface area (Å²) in [7, 11) is 1.49. The minimum absolute atomic E-state index is 0.166. The number of hydrogen-bond acceptors (Lipinski definition) is 4. The van der Waals surface area contributed by atoms with Crippen LogP contribution in [0.2, 0.25) is 0 Å². The van der Waals surface area contributed by atoms with Crippen LogP contribution in [0.4, 0.5) is 0 Å². The lowest BCUT2D eigenvalue weighted by Crippen LogP contribution is -2.36. The van der Waals surface area contributed by atoms with E-state index in [4.69, 9.17) is 10.00 Å². The average Bonchev–Trinajstić information content (AvgIpc) is 3.00. The minimum Gasteiger partial charge on any atom is -0.381 e. The van der Waals surface area contributed by atoms with Crippen molar-refractivity contribution in [3.05, 3.63) is 53.9 Å². The molecular weight excluding hydrogens is 268 g/mol. The Morgan fingerprint density at radius 2 is 2.24 bits per heavy atom. The Kier molecular flexibility index (Phi) is 5.07. The molecule has 21 heavy (non-hydrogen) atoms. The molecule has 2 rings (SSSR count). The van der Waals surface area contributed by atoms with Gasteiger partial charge >= 0.3 is 0 Å². The van der Waals surface area contributed by atoms with Gasteiger partial charge in [0.15, 0.2) is 0 Å². The number of ether oxygens (including phenoxy) is 1. The van der Waals surface area contributed by atoms with Gasteiger partial charge in [-0.15, -0.1) is 0 Å². The molecule has 108 valence electrons. The quantitative estimate of drug-likeness (QED) is 0.864. The van der Waals surface area contributed by atoms with E-state index in [9.17, 15) is 4.79 Å².